The first-order valence-electron chi connectivity index (χ1n) is 7.17. The van der Waals surface area contributed by atoms with Crippen molar-refractivity contribution in [1.82, 2.24) is 5.32 Å². The van der Waals surface area contributed by atoms with Crippen LogP contribution in [0.25, 0.3) is 0 Å². The fraction of sp³-hybridized carbons (Fsp3) is 0.0588. The fourth-order valence-electron chi connectivity index (χ4n) is 1.88. The van der Waals surface area contributed by atoms with E-state index in [0.717, 1.165) is 18.2 Å². The fourth-order valence-corrected chi connectivity index (χ4v) is 2.00. The van der Waals surface area contributed by atoms with Crippen molar-refractivity contribution < 1.29 is 23.1 Å². The molecule has 0 spiro atoms. The summed E-state index contributed by atoms with van der Waals surface area (Å²) in [5.74, 6) is -2.83. The Hall–Kier alpha value is -2.64. The Balaban J connectivity index is 1.93. The molecule has 0 aromatic heterocycles. The van der Waals surface area contributed by atoms with Gasteiger partial charge in [0.05, 0.1) is 0 Å². The topological polar surface area (TPSA) is 67.4 Å². The Morgan fingerprint density at radius 3 is 2.23 bits per heavy atom. The molecule has 9 heteroatoms. The van der Waals surface area contributed by atoms with Gasteiger partial charge in [-0.25, -0.2) is 13.6 Å². The lowest BCUT2D eigenvalue weighted by Gasteiger charge is -2.09. The molecule has 2 aromatic rings. The molecule has 0 unspecified atom stereocenters. The molecule has 0 atom stereocenters. The molecule has 0 radical (unpaired) electrons. The van der Waals surface area contributed by atoms with E-state index in [-0.39, 0.29) is 11.1 Å². The second kappa shape index (κ2) is 9.17. The number of urea groups is 1. The Kier molecular flexibility index (Phi) is 6.94. The zero-order valence-corrected chi connectivity index (χ0v) is 14.6. The summed E-state index contributed by atoms with van der Waals surface area (Å²) < 4.78 is 32.4. The first-order chi connectivity index (χ1) is 12.4. The largest absolute Gasteiger partial charge is 0.489 e. The van der Waals surface area contributed by atoms with Gasteiger partial charge < -0.3 is 10.1 Å². The average Bonchev–Trinajstić information content (AvgIpc) is 2.56. The van der Waals surface area contributed by atoms with Gasteiger partial charge in [0.25, 0.3) is 5.91 Å². The van der Waals surface area contributed by atoms with Crippen LogP contribution in [0.3, 0.4) is 0 Å². The van der Waals surface area contributed by atoms with Crippen LogP contribution in [-0.2, 0) is 0 Å². The Morgan fingerprint density at radius 1 is 1.04 bits per heavy atom. The summed E-state index contributed by atoms with van der Waals surface area (Å²) >= 11 is 10.9. The summed E-state index contributed by atoms with van der Waals surface area (Å²) in [7, 11) is 0. The zero-order valence-electron chi connectivity index (χ0n) is 13.1. The maximum atomic E-state index is 13.5. The number of ether oxygens (including phenoxy) is 1. The average molecular weight is 401 g/mol. The molecule has 5 nitrogen and oxygen atoms in total. The summed E-state index contributed by atoms with van der Waals surface area (Å²) in [6.07, 6.45) is 1.45. The van der Waals surface area contributed by atoms with Crippen LogP contribution < -0.4 is 15.4 Å². The van der Waals surface area contributed by atoms with Gasteiger partial charge in [0, 0.05) is 5.69 Å². The van der Waals surface area contributed by atoms with Crippen LogP contribution >= 0.6 is 23.2 Å². The minimum atomic E-state index is -1.19. The molecule has 26 heavy (non-hydrogen) atoms. The molecular weight excluding hydrogens is 389 g/mol. The summed E-state index contributed by atoms with van der Waals surface area (Å²) in [4.78, 5) is 23.6. The second-order valence-corrected chi connectivity index (χ2v) is 5.84. The van der Waals surface area contributed by atoms with Crippen molar-refractivity contribution in [3.05, 3.63) is 70.2 Å². The third-order valence-electron chi connectivity index (χ3n) is 3.02. The third kappa shape index (κ3) is 5.72. The number of hydrogen-bond donors (Lipinski definition) is 2. The van der Waals surface area contributed by atoms with Crippen LogP contribution in [0.2, 0.25) is 0 Å². The second-order valence-electron chi connectivity index (χ2n) is 4.83. The highest BCUT2D eigenvalue weighted by atomic mass is 35.5. The van der Waals surface area contributed by atoms with Gasteiger partial charge in [-0.1, -0.05) is 29.3 Å². The summed E-state index contributed by atoms with van der Waals surface area (Å²) in [6, 6.07) is 8.14. The number of benzene rings is 2. The van der Waals surface area contributed by atoms with Crippen LogP contribution in [0.4, 0.5) is 19.3 Å². The van der Waals surface area contributed by atoms with Crippen molar-refractivity contribution >= 4 is 40.8 Å². The van der Waals surface area contributed by atoms with E-state index < -0.39 is 29.1 Å². The zero-order chi connectivity index (χ0) is 19.1. The number of hydrogen-bond acceptors (Lipinski definition) is 3. The number of nitrogens with one attached hydrogen (secondary N) is 2. The van der Waals surface area contributed by atoms with E-state index in [1.165, 1.54) is 18.2 Å². The maximum absolute atomic E-state index is 13.5. The van der Waals surface area contributed by atoms with Crippen molar-refractivity contribution in [2.75, 3.05) is 11.9 Å². The quantitative estimate of drug-likeness (QED) is 0.768. The maximum Gasteiger partial charge on any atom is 0.326 e. The normalized spacial score (nSPS) is 10.0. The molecule has 2 N–H and O–H groups in total. The van der Waals surface area contributed by atoms with E-state index >= 15 is 0 Å². The van der Waals surface area contributed by atoms with Crippen molar-refractivity contribution in [2.45, 2.75) is 0 Å². The molecule has 0 saturated heterocycles. The monoisotopic (exact) mass is 400 g/mol. The van der Waals surface area contributed by atoms with Gasteiger partial charge >= 0.3 is 6.03 Å². The predicted octanol–water partition coefficient (Wildman–Crippen LogP) is 4.62. The van der Waals surface area contributed by atoms with Gasteiger partial charge in [0.15, 0.2) is 0 Å². The van der Waals surface area contributed by atoms with Crippen LogP contribution in [0.1, 0.15) is 10.4 Å². The van der Waals surface area contributed by atoms with E-state index in [9.17, 15) is 18.4 Å². The van der Waals surface area contributed by atoms with E-state index in [2.05, 4.69) is 5.32 Å². The van der Waals surface area contributed by atoms with Crippen molar-refractivity contribution in [1.29, 1.82) is 0 Å². The van der Waals surface area contributed by atoms with Gasteiger partial charge in [0.1, 0.15) is 34.0 Å². The number of imide groups is 1. The number of carbonyl (C=O) groups excluding carboxylic acids is 2. The smallest absolute Gasteiger partial charge is 0.326 e. The number of anilines is 1. The first kappa shape index (κ1) is 19.7. The molecule has 3 amide bonds. The SMILES string of the molecule is O=C(NC(=O)c1c(F)cccc1F)Nc1ccc(OCC=C(Cl)Cl)cc1. The van der Waals surface area contributed by atoms with Gasteiger partial charge in [-0.2, -0.15) is 0 Å². The van der Waals surface area contributed by atoms with Crippen molar-refractivity contribution in [2.24, 2.45) is 0 Å². The Bertz CT molecular complexity index is 818. The highest BCUT2D eigenvalue weighted by molar-refractivity contribution is 6.55. The number of rotatable bonds is 5. The third-order valence-corrected chi connectivity index (χ3v) is 3.33. The van der Waals surface area contributed by atoms with E-state index in [0.29, 0.717) is 11.4 Å². The Labute approximate surface area is 157 Å². The first-order valence-corrected chi connectivity index (χ1v) is 7.93. The predicted molar refractivity (Wildman–Crippen MR) is 94.6 cm³/mol. The van der Waals surface area contributed by atoms with Crippen molar-refractivity contribution in [3.8, 4) is 5.75 Å². The molecule has 0 aliphatic carbocycles. The van der Waals surface area contributed by atoms with E-state index in [1.807, 2.05) is 5.32 Å². The van der Waals surface area contributed by atoms with Gasteiger partial charge in [-0.05, 0) is 42.5 Å². The van der Waals surface area contributed by atoms with E-state index in [4.69, 9.17) is 27.9 Å². The number of amides is 3. The molecule has 0 bridgehead atoms. The number of halogens is 4. The standard InChI is InChI=1S/C17H12Cl2F2N2O3/c18-14(19)8-9-26-11-6-4-10(5-7-11)22-17(25)23-16(24)15-12(20)2-1-3-13(15)21/h1-8H,9H2,(H2,22,23,24,25). The highest BCUT2D eigenvalue weighted by Crippen LogP contribution is 2.17. The highest BCUT2D eigenvalue weighted by Gasteiger charge is 2.19. The lowest BCUT2D eigenvalue weighted by atomic mass is 10.2. The van der Waals surface area contributed by atoms with Crippen LogP contribution in [0, 0.1) is 11.6 Å². The Morgan fingerprint density at radius 2 is 1.65 bits per heavy atom. The molecular formula is C17H12Cl2F2N2O3. The number of carbonyl (C=O) groups is 2. The van der Waals surface area contributed by atoms with Crippen LogP contribution in [0.15, 0.2) is 53.0 Å². The van der Waals surface area contributed by atoms with Gasteiger partial charge in [-0.15, -0.1) is 0 Å². The van der Waals surface area contributed by atoms with Crippen LogP contribution in [-0.4, -0.2) is 18.5 Å². The molecule has 2 rings (SSSR count). The van der Waals surface area contributed by atoms with Crippen LogP contribution in [0.5, 0.6) is 5.75 Å². The summed E-state index contributed by atoms with van der Waals surface area (Å²) in [5.41, 5.74) is -0.500. The molecule has 0 heterocycles. The lowest BCUT2D eigenvalue weighted by Crippen LogP contribution is -2.35. The molecule has 0 saturated carbocycles. The molecule has 0 aliphatic rings. The minimum Gasteiger partial charge on any atom is -0.489 e. The van der Waals surface area contributed by atoms with Gasteiger partial charge in [-0.3, -0.25) is 10.1 Å². The molecule has 2 aromatic carbocycles. The summed E-state index contributed by atoms with van der Waals surface area (Å²) in [6.45, 7) is 0.165. The molecule has 136 valence electrons. The lowest BCUT2D eigenvalue weighted by molar-refractivity contribution is 0.0959. The molecule has 0 aliphatic heterocycles. The van der Waals surface area contributed by atoms with Gasteiger partial charge in [0.2, 0.25) is 0 Å². The minimum absolute atomic E-state index is 0.0796. The summed E-state index contributed by atoms with van der Waals surface area (Å²) in [5, 5.41) is 4.21. The van der Waals surface area contributed by atoms with Crippen molar-refractivity contribution in [3.63, 3.8) is 0 Å². The van der Waals surface area contributed by atoms with E-state index in [1.54, 1.807) is 12.1 Å². The molecule has 0 fully saturated rings.